The third-order valence-electron chi connectivity index (χ3n) is 2.72. The first-order valence-corrected chi connectivity index (χ1v) is 6.12. The topological polar surface area (TPSA) is 39.7 Å². The van der Waals surface area contributed by atoms with Gasteiger partial charge >= 0.3 is 0 Å². The van der Waals surface area contributed by atoms with Crippen LogP contribution in [0.2, 0.25) is 0 Å². The van der Waals surface area contributed by atoms with E-state index in [-0.39, 0.29) is 12.1 Å². The fraction of sp³-hybridized carbons (Fsp3) is 0.571. The lowest BCUT2D eigenvalue weighted by Crippen LogP contribution is -2.23. The van der Waals surface area contributed by atoms with Crippen molar-refractivity contribution in [3.05, 3.63) is 23.8 Å². The van der Waals surface area contributed by atoms with E-state index in [2.05, 4.69) is 5.32 Å². The summed E-state index contributed by atoms with van der Waals surface area (Å²) < 4.78 is 16.2. The minimum atomic E-state index is 0.122. The van der Waals surface area contributed by atoms with Crippen molar-refractivity contribution in [2.45, 2.75) is 26.0 Å². The number of likely N-dealkylation sites (N-methyl/N-ethyl adjacent to an activating group) is 1. The fourth-order valence-electron chi connectivity index (χ4n) is 1.67. The molecular formula is C14H23NO3. The SMILES string of the molecule is CNC(COC(C)C)c1cc(OC)cc(OC)c1. The van der Waals surface area contributed by atoms with Crippen LogP contribution in [0.15, 0.2) is 18.2 Å². The van der Waals surface area contributed by atoms with Gasteiger partial charge in [-0.25, -0.2) is 0 Å². The Hall–Kier alpha value is -1.26. The molecule has 4 nitrogen and oxygen atoms in total. The van der Waals surface area contributed by atoms with Gasteiger partial charge in [-0.05, 0) is 38.6 Å². The molecule has 0 spiro atoms. The largest absolute Gasteiger partial charge is 0.497 e. The Morgan fingerprint density at radius 1 is 1.06 bits per heavy atom. The van der Waals surface area contributed by atoms with Crippen molar-refractivity contribution < 1.29 is 14.2 Å². The van der Waals surface area contributed by atoms with Crippen LogP contribution in [-0.2, 0) is 4.74 Å². The molecule has 1 aromatic rings. The standard InChI is InChI=1S/C14H23NO3/c1-10(2)18-9-14(15-3)11-6-12(16-4)8-13(7-11)17-5/h6-8,10,14-15H,9H2,1-5H3. The Balaban J connectivity index is 2.89. The molecule has 1 N–H and O–H groups in total. The van der Waals surface area contributed by atoms with Crippen molar-refractivity contribution in [3.63, 3.8) is 0 Å². The van der Waals surface area contributed by atoms with Crippen LogP contribution in [0.4, 0.5) is 0 Å². The zero-order valence-corrected chi connectivity index (χ0v) is 11.8. The van der Waals surface area contributed by atoms with E-state index in [0.29, 0.717) is 6.61 Å². The lowest BCUT2D eigenvalue weighted by atomic mass is 10.1. The number of benzene rings is 1. The maximum Gasteiger partial charge on any atom is 0.122 e. The van der Waals surface area contributed by atoms with Crippen LogP contribution >= 0.6 is 0 Å². The Morgan fingerprint density at radius 3 is 2.00 bits per heavy atom. The van der Waals surface area contributed by atoms with Gasteiger partial charge in [-0.2, -0.15) is 0 Å². The van der Waals surface area contributed by atoms with Crippen LogP contribution in [0.3, 0.4) is 0 Å². The summed E-state index contributed by atoms with van der Waals surface area (Å²) in [6, 6.07) is 5.97. The van der Waals surface area contributed by atoms with Crippen LogP contribution in [0.5, 0.6) is 11.5 Å². The molecule has 0 bridgehead atoms. The third-order valence-corrected chi connectivity index (χ3v) is 2.72. The zero-order chi connectivity index (χ0) is 13.5. The van der Waals surface area contributed by atoms with Crippen molar-refractivity contribution in [3.8, 4) is 11.5 Å². The average Bonchev–Trinajstić information content (AvgIpc) is 2.38. The molecule has 0 fully saturated rings. The molecule has 18 heavy (non-hydrogen) atoms. The Kier molecular flexibility index (Phi) is 5.95. The highest BCUT2D eigenvalue weighted by molar-refractivity contribution is 5.39. The monoisotopic (exact) mass is 253 g/mol. The molecule has 1 rings (SSSR count). The number of hydrogen-bond acceptors (Lipinski definition) is 4. The molecule has 0 aromatic heterocycles. The van der Waals surface area contributed by atoms with Gasteiger partial charge < -0.3 is 19.5 Å². The van der Waals surface area contributed by atoms with Gasteiger partial charge in [0.25, 0.3) is 0 Å². The molecule has 0 saturated carbocycles. The van der Waals surface area contributed by atoms with E-state index >= 15 is 0 Å². The van der Waals surface area contributed by atoms with Crippen LogP contribution in [0.1, 0.15) is 25.5 Å². The van der Waals surface area contributed by atoms with Gasteiger partial charge in [0.05, 0.1) is 33.0 Å². The summed E-state index contributed by atoms with van der Waals surface area (Å²) in [6.45, 7) is 4.67. The second-order valence-electron chi connectivity index (χ2n) is 4.37. The van der Waals surface area contributed by atoms with Gasteiger partial charge in [-0.3, -0.25) is 0 Å². The summed E-state index contributed by atoms with van der Waals surface area (Å²) in [4.78, 5) is 0. The molecule has 1 atom stereocenters. The molecule has 0 aliphatic rings. The number of hydrogen-bond donors (Lipinski definition) is 1. The second kappa shape index (κ2) is 7.24. The second-order valence-corrected chi connectivity index (χ2v) is 4.37. The quantitative estimate of drug-likeness (QED) is 0.810. The smallest absolute Gasteiger partial charge is 0.122 e. The Morgan fingerprint density at radius 2 is 1.61 bits per heavy atom. The highest BCUT2D eigenvalue weighted by Gasteiger charge is 2.13. The van der Waals surface area contributed by atoms with E-state index in [1.54, 1.807) is 14.2 Å². The van der Waals surface area contributed by atoms with Gasteiger partial charge in [-0.1, -0.05) is 0 Å². The molecule has 0 aliphatic heterocycles. The lowest BCUT2D eigenvalue weighted by molar-refractivity contribution is 0.0625. The normalized spacial score (nSPS) is 12.6. The molecular weight excluding hydrogens is 230 g/mol. The first kappa shape index (κ1) is 14.8. The fourth-order valence-corrected chi connectivity index (χ4v) is 1.67. The molecule has 0 aliphatic carbocycles. The highest BCUT2D eigenvalue weighted by Crippen LogP contribution is 2.26. The summed E-state index contributed by atoms with van der Waals surface area (Å²) in [7, 11) is 5.22. The maximum absolute atomic E-state index is 5.65. The third kappa shape index (κ3) is 4.20. The maximum atomic E-state index is 5.65. The minimum absolute atomic E-state index is 0.122. The highest BCUT2D eigenvalue weighted by atomic mass is 16.5. The van der Waals surface area contributed by atoms with E-state index < -0.39 is 0 Å². The van der Waals surface area contributed by atoms with Crippen molar-refractivity contribution in [2.24, 2.45) is 0 Å². The van der Waals surface area contributed by atoms with Crippen LogP contribution in [0, 0.1) is 0 Å². The molecule has 0 amide bonds. The molecule has 4 heteroatoms. The Bertz CT molecular complexity index is 344. The minimum Gasteiger partial charge on any atom is -0.497 e. The lowest BCUT2D eigenvalue weighted by Gasteiger charge is -2.19. The van der Waals surface area contributed by atoms with Crippen molar-refractivity contribution >= 4 is 0 Å². The first-order valence-electron chi connectivity index (χ1n) is 6.12. The summed E-state index contributed by atoms with van der Waals surface area (Å²) in [6.07, 6.45) is 0.216. The number of nitrogens with one attached hydrogen (secondary N) is 1. The number of rotatable bonds is 7. The van der Waals surface area contributed by atoms with E-state index in [0.717, 1.165) is 17.1 Å². The molecule has 0 radical (unpaired) electrons. The summed E-state index contributed by atoms with van der Waals surface area (Å²) in [5.74, 6) is 1.57. The van der Waals surface area contributed by atoms with Crippen LogP contribution in [-0.4, -0.2) is 34.0 Å². The van der Waals surface area contributed by atoms with Gasteiger partial charge in [0.2, 0.25) is 0 Å². The van der Waals surface area contributed by atoms with Crippen LogP contribution < -0.4 is 14.8 Å². The summed E-state index contributed by atoms with van der Waals surface area (Å²) in [5, 5.41) is 3.24. The van der Waals surface area contributed by atoms with Crippen molar-refractivity contribution in [2.75, 3.05) is 27.9 Å². The van der Waals surface area contributed by atoms with Crippen molar-refractivity contribution in [1.29, 1.82) is 0 Å². The van der Waals surface area contributed by atoms with Gasteiger partial charge in [-0.15, -0.1) is 0 Å². The van der Waals surface area contributed by atoms with Crippen LogP contribution in [0.25, 0.3) is 0 Å². The predicted molar refractivity (Wildman–Crippen MR) is 72.4 cm³/mol. The van der Waals surface area contributed by atoms with E-state index in [9.17, 15) is 0 Å². The van der Waals surface area contributed by atoms with E-state index in [1.165, 1.54) is 0 Å². The average molecular weight is 253 g/mol. The molecule has 1 unspecified atom stereocenters. The van der Waals surface area contributed by atoms with Gasteiger partial charge in [0.1, 0.15) is 11.5 Å². The number of ether oxygens (including phenoxy) is 3. The molecule has 0 heterocycles. The van der Waals surface area contributed by atoms with E-state index in [4.69, 9.17) is 14.2 Å². The van der Waals surface area contributed by atoms with Crippen molar-refractivity contribution in [1.82, 2.24) is 5.32 Å². The summed E-state index contributed by atoms with van der Waals surface area (Å²) >= 11 is 0. The molecule has 102 valence electrons. The van der Waals surface area contributed by atoms with Gasteiger partial charge in [0.15, 0.2) is 0 Å². The van der Waals surface area contributed by atoms with E-state index in [1.807, 2.05) is 39.1 Å². The summed E-state index contributed by atoms with van der Waals surface area (Å²) in [5.41, 5.74) is 1.09. The zero-order valence-electron chi connectivity index (χ0n) is 11.8. The van der Waals surface area contributed by atoms with Gasteiger partial charge in [0, 0.05) is 6.07 Å². The Labute approximate surface area is 109 Å². The first-order chi connectivity index (χ1) is 8.60. The molecule has 1 aromatic carbocycles. The molecule has 0 saturated heterocycles. The number of methoxy groups -OCH3 is 2. The predicted octanol–water partition coefficient (Wildman–Crippen LogP) is 2.39.